The Labute approximate surface area is 242 Å². The molecule has 0 radical (unpaired) electrons. The molecule has 2 saturated carbocycles. The number of carboxylic acid groups (broad SMARTS) is 1. The second-order valence-electron chi connectivity index (χ2n) is 12.5. The lowest BCUT2D eigenvalue weighted by molar-refractivity contribution is -0.124. The van der Waals surface area contributed by atoms with Gasteiger partial charge in [-0.1, -0.05) is 18.8 Å². The number of anilines is 2. The van der Waals surface area contributed by atoms with Crippen molar-refractivity contribution >= 4 is 34.7 Å². The lowest BCUT2D eigenvalue weighted by Crippen LogP contribution is -2.47. The zero-order valence-electron chi connectivity index (χ0n) is 24.6. The number of amides is 1. The first-order valence-corrected chi connectivity index (χ1v) is 15.1. The molecule has 0 bridgehead atoms. The molecule has 0 spiro atoms. The predicted molar refractivity (Wildman–Crippen MR) is 159 cm³/mol. The van der Waals surface area contributed by atoms with Gasteiger partial charge in [-0.25, -0.2) is 14.8 Å². The van der Waals surface area contributed by atoms with Gasteiger partial charge in [-0.05, 0) is 84.1 Å². The Morgan fingerprint density at radius 1 is 1.02 bits per heavy atom. The van der Waals surface area contributed by atoms with Crippen molar-refractivity contribution in [1.82, 2.24) is 9.97 Å². The minimum absolute atomic E-state index is 0.0247. The van der Waals surface area contributed by atoms with Crippen LogP contribution in [0.4, 0.5) is 11.5 Å². The quantitative estimate of drug-likeness (QED) is 0.396. The first-order chi connectivity index (χ1) is 18.9. The predicted octanol–water partition coefficient (Wildman–Crippen LogP) is 6.25. The van der Waals surface area contributed by atoms with Gasteiger partial charge < -0.3 is 19.6 Å². The molecule has 2 aromatic heterocycles. The maximum absolute atomic E-state index is 14.1. The van der Waals surface area contributed by atoms with Crippen molar-refractivity contribution in [3.05, 3.63) is 28.2 Å². The first kappa shape index (κ1) is 29.9. The van der Waals surface area contributed by atoms with Gasteiger partial charge in [0.15, 0.2) is 0 Å². The third kappa shape index (κ3) is 7.54. The second-order valence-corrected chi connectivity index (χ2v) is 13.5. The molecule has 2 aromatic rings. The van der Waals surface area contributed by atoms with Gasteiger partial charge in [-0.15, -0.1) is 11.3 Å². The van der Waals surface area contributed by atoms with Crippen LogP contribution in [0.2, 0.25) is 0 Å². The molecule has 0 saturated heterocycles. The van der Waals surface area contributed by atoms with Crippen molar-refractivity contribution in [3.8, 4) is 17.7 Å². The van der Waals surface area contributed by atoms with Crippen LogP contribution in [0.25, 0.3) is 0 Å². The molecule has 0 unspecified atom stereocenters. The number of carboxylic acids is 1. The van der Waals surface area contributed by atoms with Gasteiger partial charge in [-0.3, -0.25) is 4.79 Å². The number of aromatic carboxylic acids is 1. The fraction of sp³-hybridized carbons (Fsp3) is 0.613. The van der Waals surface area contributed by atoms with E-state index >= 15 is 0 Å². The van der Waals surface area contributed by atoms with Gasteiger partial charge in [0, 0.05) is 37.5 Å². The average Bonchev–Trinajstić information content (AvgIpc) is 3.33. The van der Waals surface area contributed by atoms with E-state index in [-0.39, 0.29) is 34.3 Å². The van der Waals surface area contributed by atoms with Crippen molar-refractivity contribution < 1.29 is 19.4 Å². The van der Waals surface area contributed by atoms with E-state index in [1.54, 1.807) is 0 Å². The van der Waals surface area contributed by atoms with Gasteiger partial charge in [0.2, 0.25) is 11.8 Å². The molecule has 0 aliphatic heterocycles. The number of hydrogen-bond acceptors (Lipinski definition) is 7. The van der Waals surface area contributed by atoms with Crippen LogP contribution in [0, 0.1) is 29.1 Å². The van der Waals surface area contributed by atoms with E-state index in [0.29, 0.717) is 22.4 Å². The zero-order valence-corrected chi connectivity index (χ0v) is 25.4. The fourth-order valence-electron chi connectivity index (χ4n) is 5.45. The Morgan fingerprint density at radius 3 is 2.30 bits per heavy atom. The summed E-state index contributed by atoms with van der Waals surface area (Å²) in [5.41, 5.74) is 0.284. The second kappa shape index (κ2) is 12.6. The largest absolute Gasteiger partial charge is 0.477 e. The van der Waals surface area contributed by atoms with Gasteiger partial charge in [0.05, 0.1) is 10.6 Å². The fourth-order valence-corrected chi connectivity index (χ4v) is 6.30. The summed E-state index contributed by atoms with van der Waals surface area (Å²) < 4.78 is 6.21. The van der Waals surface area contributed by atoms with Crippen molar-refractivity contribution in [1.29, 1.82) is 0 Å². The minimum Gasteiger partial charge on any atom is -0.477 e. The molecule has 216 valence electrons. The molecular weight excluding hydrogens is 524 g/mol. The summed E-state index contributed by atoms with van der Waals surface area (Å²) in [4.78, 5) is 39.6. The molecule has 4 rings (SSSR count). The molecule has 9 heteroatoms. The number of nitrogens with zero attached hydrogens (tertiary/aromatic N) is 4. The number of carbonyl (C=O) groups excluding carboxylic acids is 1. The molecule has 8 nitrogen and oxygen atoms in total. The number of carbonyl (C=O) groups is 2. The maximum Gasteiger partial charge on any atom is 0.348 e. The molecule has 40 heavy (non-hydrogen) atoms. The Hall–Kier alpha value is -3.12. The van der Waals surface area contributed by atoms with Crippen LogP contribution in [-0.2, 0) is 4.79 Å². The molecule has 0 aromatic carbocycles. The Balaban J connectivity index is 1.59. The van der Waals surface area contributed by atoms with Crippen molar-refractivity contribution in [3.63, 3.8) is 0 Å². The van der Waals surface area contributed by atoms with Crippen LogP contribution < -0.4 is 14.5 Å². The number of thiophene rings is 1. The lowest BCUT2D eigenvalue weighted by atomic mass is 9.81. The number of rotatable bonds is 7. The van der Waals surface area contributed by atoms with Gasteiger partial charge in [0.1, 0.15) is 23.1 Å². The van der Waals surface area contributed by atoms with E-state index in [2.05, 4.69) is 28.7 Å². The monoisotopic (exact) mass is 566 g/mol. The van der Waals surface area contributed by atoms with E-state index in [1.165, 1.54) is 6.33 Å². The molecule has 1 amide bonds. The molecular formula is C31H42N4O4S. The van der Waals surface area contributed by atoms with Crippen LogP contribution >= 0.6 is 11.3 Å². The summed E-state index contributed by atoms with van der Waals surface area (Å²) >= 11 is 1.16. The standard InChI is InChI=1S/C31H42N4O4S/c1-20-7-9-21(10-8-20)29(36)35(25-17-24(15-16-31(2,3)4)40-28(25)30(37)38)22-11-13-23(14-12-22)39-27-18-26(34(5)6)32-19-33-27/h17-23H,7-14H2,1-6H3,(H,37,38)/t20-,21-,22-,23-. The van der Waals surface area contributed by atoms with Crippen molar-refractivity contribution in [2.24, 2.45) is 17.3 Å². The number of ether oxygens (including phenoxy) is 1. The SMILES string of the molecule is CN(C)c1cc(O[C@H]2CC[C@H](N(c3cc(C#CC(C)(C)C)sc3C(=O)O)C(=O)[C@H]3CC[C@H](C)CC3)CC2)ncn1. The molecule has 2 heterocycles. The van der Waals surface area contributed by atoms with E-state index in [9.17, 15) is 14.7 Å². The highest BCUT2D eigenvalue weighted by atomic mass is 32.1. The summed E-state index contributed by atoms with van der Waals surface area (Å²) in [7, 11) is 3.84. The third-order valence-corrected chi connectivity index (χ3v) is 8.74. The number of aromatic nitrogens is 2. The molecule has 0 atom stereocenters. The van der Waals surface area contributed by atoms with Crippen LogP contribution in [-0.4, -0.2) is 53.2 Å². The van der Waals surface area contributed by atoms with Crippen LogP contribution in [0.15, 0.2) is 18.5 Å². The van der Waals surface area contributed by atoms with E-state index < -0.39 is 5.97 Å². The summed E-state index contributed by atoms with van der Waals surface area (Å²) in [6.45, 7) is 8.31. The normalized spacial score (nSPS) is 23.1. The van der Waals surface area contributed by atoms with Crippen LogP contribution in [0.5, 0.6) is 5.88 Å². The van der Waals surface area contributed by atoms with Crippen LogP contribution in [0.1, 0.15) is 93.6 Å². The highest BCUT2D eigenvalue weighted by molar-refractivity contribution is 7.15. The smallest absolute Gasteiger partial charge is 0.348 e. The Kier molecular flexibility index (Phi) is 9.40. The molecule has 2 fully saturated rings. The van der Waals surface area contributed by atoms with Gasteiger partial charge >= 0.3 is 5.97 Å². The Bertz CT molecular complexity index is 1260. The first-order valence-electron chi connectivity index (χ1n) is 14.3. The zero-order chi connectivity index (χ0) is 29.0. The van der Waals surface area contributed by atoms with E-state index in [1.807, 2.05) is 56.8 Å². The van der Waals surface area contributed by atoms with Gasteiger partial charge in [0.25, 0.3) is 0 Å². The van der Waals surface area contributed by atoms with Crippen LogP contribution in [0.3, 0.4) is 0 Å². The van der Waals surface area contributed by atoms with E-state index in [0.717, 1.165) is 68.5 Å². The van der Waals surface area contributed by atoms with Gasteiger partial charge in [-0.2, -0.15) is 0 Å². The highest BCUT2D eigenvalue weighted by Crippen LogP contribution is 2.39. The summed E-state index contributed by atoms with van der Waals surface area (Å²) in [6, 6.07) is 3.56. The van der Waals surface area contributed by atoms with E-state index in [4.69, 9.17) is 4.74 Å². The molecule has 1 N–H and O–H groups in total. The molecule has 2 aliphatic carbocycles. The summed E-state index contributed by atoms with van der Waals surface area (Å²) in [5, 5.41) is 10.1. The minimum atomic E-state index is -1.02. The average molecular weight is 567 g/mol. The third-order valence-electron chi connectivity index (χ3n) is 7.71. The summed E-state index contributed by atoms with van der Waals surface area (Å²) in [5.74, 6) is 7.26. The Morgan fingerprint density at radius 2 is 1.70 bits per heavy atom. The van der Waals surface area contributed by atoms with Crippen molar-refractivity contribution in [2.75, 3.05) is 23.9 Å². The number of hydrogen-bond donors (Lipinski definition) is 1. The maximum atomic E-state index is 14.1. The highest BCUT2D eigenvalue weighted by Gasteiger charge is 2.38. The van der Waals surface area contributed by atoms with Crippen molar-refractivity contribution in [2.45, 2.75) is 91.2 Å². The summed E-state index contributed by atoms with van der Waals surface area (Å²) in [6.07, 6.45) is 8.18. The lowest BCUT2D eigenvalue weighted by Gasteiger charge is -2.39. The molecule has 2 aliphatic rings. The topological polar surface area (TPSA) is 95.9 Å².